The van der Waals surface area contributed by atoms with E-state index in [1.54, 1.807) is 0 Å². The predicted molar refractivity (Wildman–Crippen MR) is 61.8 cm³/mol. The molecule has 3 rings (SSSR count). The highest BCUT2D eigenvalue weighted by Gasteiger charge is 2.34. The van der Waals surface area contributed by atoms with Gasteiger partial charge in [-0.2, -0.15) is 0 Å². The van der Waals surface area contributed by atoms with E-state index >= 15 is 0 Å². The largest absolute Gasteiger partial charge is 0.393 e. The molecule has 0 spiro atoms. The minimum atomic E-state index is -0.186. The van der Waals surface area contributed by atoms with Crippen molar-refractivity contribution in [1.82, 2.24) is 10.2 Å². The van der Waals surface area contributed by atoms with Crippen molar-refractivity contribution >= 4 is 0 Å². The van der Waals surface area contributed by atoms with Crippen LogP contribution in [-0.4, -0.2) is 47.8 Å². The molecule has 15 heavy (non-hydrogen) atoms. The number of nitrogens with zero attached hydrogens (tertiary/aromatic N) is 1. The Labute approximate surface area is 92.8 Å². The predicted octanol–water partition coefficient (Wildman–Crippen LogP) is 0.830. The molecule has 0 amide bonds. The van der Waals surface area contributed by atoms with Crippen LogP contribution >= 0.6 is 0 Å². The van der Waals surface area contributed by atoms with Gasteiger partial charge in [-0.3, -0.25) is 0 Å². The normalized spacial score (nSPS) is 39.0. The van der Waals surface area contributed by atoms with Crippen molar-refractivity contribution in [2.45, 2.75) is 51.3 Å². The first-order valence-electron chi connectivity index (χ1n) is 6.31. The average molecular weight is 212 g/mol. The molecule has 2 N–H and O–H groups in total. The fourth-order valence-corrected chi connectivity index (χ4v) is 3.10. The molecule has 3 heterocycles. The van der Waals surface area contributed by atoms with Gasteiger partial charge in [0.15, 0.2) is 0 Å². The zero-order chi connectivity index (χ0) is 10.8. The summed E-state index contributed by atoms with van der Waals surface area (Å²) in [6.45, 7) is 7.87. The molecule has 0 saturated carbocycles. The standard InChI is InChI=1S/C12H24N2O/c1-9(7-10(2)15)13-12-8-14-5-3-11(12)4-6-14/h9-13,15H,3-8H2,1-2H3. The molecule has 88 valence electrons. The first-order chi connectivity index (χ1) is 7.15. The van der Waals surface area contributed by atoms with Crippen LogP contribution in [0.1, 0.15) is 33.1 Å². The molecule has 3 heteroatoms. The number of rotatable bonds is 4. The quantitative estimate of drug-likeness (QED) is 0.724. The maximum absolute atomic E-state index is 9.33. The van der Waals surface area contributed by atoms with Crippen LogP contribution < -0.4 is 5.32 Å². The Morgan fingerprint density at radius 2 is 2.00 bits per heavy atom. The highest BCUT2D eigenvalue weighted by atomic mass is 16.3. The summed E-state index contributed by atoms with van der Waals surface area (Å²) < 4.78 is 0. The number of hydrogen-bond donors (Lipinski definition) is 2. The van der Waals surface area contributed by atoms with Gasteiger partial charge in [0.2, 0.25) is 0 Å². The zero-order valence-corrected chi connectivity index (χ0v) is 9.95. The summed E-state index contributed by atoms with van der Waals surface area (Å²) in [6.07, 6.45) is 3.40. The third-order valence-corrected chi connectivity index (χ3v) is 3.85. The third kappa shape index (κ3) is 2.92. The van der Waals surface area contributed by atoms with E-state index < -0.39 is 0 Å². The summed E-state index contributed by atoms with van der Waals surface area (Å²) in [6, 6.07) is 1.11. The Morgan fingerprint density at radius 1 is 1.33 bits per heavy atom. The zero-order valence-electron chi connectivity index (χ0n) is 9.95. The number of hydrogen-bond acceptors (Lipinski definition) is 3. The number of fused-ring (bicyclic) bond motifs is 3. The van der Waals surface area contributed by atoms with E-state index in [2.05, 4.69) is 17.1 Å². The summed E-state index contributed by atoms with van der Waals surface area (Å²) in [5.41, 5.74) is 0. The molecule has 3 unspecified atom stereocenters. The topological polar surface area (TPSA) is 35.5 Å². The Balaban J connectivity index is 1.79. The van der Waals surface area contributed by atoms with Gasteiger partial charge >= 0.3 is 0 Å². The molecule has 0 aromatic heterocycles. The van der Waals surface area contributed by atoms with Crippen molar-refractivity contribution in [3.8, 4) is 0 Å². The SMILES string of the molecule is CC(O)CC(C)NC1CN2CCC1CC2. The molecule has 0 aliphatic carbocycles. The lowest BCUT2D eigenvalue weighted by atomic mass is 9.83. The Hall–Kier alpha value is -0.120. The van der Waals surface area contributed by atoms with Gasteiger partial charge in [-0.1, -0.05) is 0 Å². The highest BCUT2D eigenvalue weighted by Crippen LogP contribution is 2.27. The van der Waals surface area contributed by atoms with Gasteiger partial charge < -0.3 is 15.3 Å². The first kappa shape index (κ1) is 11.4. The minimum absolute atomic E-state index is 0.186. The summed E-state index contributed by atoms with van der Waals surface area (Å²) in [4.78, 5) is 2.56. The van der Waals surface area contributed by atoms with Gasteiger partial charge in [0, 0.05) is 18.6 Å². The van der Waals surface area contributed by atoms with E-state index in [0.717, 1.165) is 12.3 Å². The minimum Gasteiger partial charge on any atom is -0.393 e. The monoisotopic (exact) mass is 212 g/mol. The first-order valence-corrected chi connectivity index (χ1v) is 6.31. The lowest BCUT2D eigenvalue weighted by Gasteiger charge is -2.46. The number of piperidine rings is 3. The van der Waals surface area contributed by atoms with Crippen LogP contribution in [0.3, 0.4) is 0 Å². The van der Waals surface area contributed by atoms with Crippen molar-refractivity contribution in [2.24, 2.45) is 5.92 Å². The smallest absolute Gasteiger partial charge is 0.0526 e. The highest BCUT2D eigenvalue weighted by molar-refractivity contribution is 4.91. The number of aliphatic hydroxyl groups excluding tert-OH is 1. The number of nitrogens with one attached hydrogen (secondary N) is 1. The molecule has 3 aliphatic heterocycles. The second-order valence-corrected chi connectivity index (χ2v) is 5.40. The van der Waals surface area contributed by atoms with Gasteiger partial charge in [-0.25, -0.2) is 0 Å². The van der Waals surface area contributed by atoms with E-state index in [9.17, 15) is 5.11 Å². The van der Waals surface area contributed by atoms with Gasteiger partial charge in [0.25, 0.3) is 0 Å². The molecule has 2 bridgehead atoms. The molecule has 3 saturated heterocycles. The summed E-state index contributed by atoms with van der Waals surface area (Å²) in [7, 11) is 0. The summed E-state index contributed by atoms with van der Waals surface area (Å²) >= 11 is 0. The maximum atomic E-state index is 9.33. The van der Waals surface area contributed by atoms with Crippen molar-refractivity contribution < 1.29 is 5.11 Å². The van der Waals surface area contributed by atoms with Crippen LogP contribution in [0.15, 0.2) is 0 Å². The van der Waals surface area contributed by atoms with Gasteiger partial charge in [0.1, 0.15) is 0 Å². The van der Waals surface area contributed by atoms with Gasteiger partial charge in [-0.05, 0) is 52.1 Å². The second kappa shape index (κ2) is 4.81. The number of aliphatic hydroxyl groups is 1. The van der Waals surface area contributed by atoms with Crippen LogP contribution in [0.5, 0.6) is 0 Å². The van der Waals surface area contributed by atoms with Gasteiger partial charge in [-0.15, -0.1) is 0 Å². The molecule has 0 radical (unpaired) electrons. The van der Waals surface area contributed by atoms with Crippen molar-refractivity contribution in [3.63, 3.8) is 0 Å². The van der Waals surface area contributed by atoms with Crippen LogP contribution in [-0.2, 0) is 0 Å². The fraction of sp³-hybridized carbons (Fsp3) is 1.00. The lowest BCUT2D eigenvalue weighted by molar-refractivity contribution is 0.0633. The molecule has 3 fully saturated rings. The van der Waals surface area contributed by atoms with E-state index in [4.69, 9.17) is 0 Å². The third-order valence-electron chi connectivity index (χ3n) is 3.85. The van der Waals surface area contributed by atoms with E-state index in [-0.39, 0.29) is 6.10 Å². The molecule has 3 aliphatic rings. The maximum Gasteiger partial charge on any atom is 0.0526 e. The van der Waals surface area contributed by atoms with E-state index in [1.807, 2.05) is 6.92 Å². The summed E-state index contributed by atoms with van der Waals surface area (Å²) in [5, 5.41) is 13.0. The summed E-state index contributed by atoms with van der Waals surface area (Å²) in [5.74, 6) is 0.881. The van der Waals surface area contributed by atoms with Crippen molar-refractivity contribution in [3.05, 3.63) is 0 Å². The molecule has 0 aromatic carbocycles. The molecule has 0 aromatic rings. The average Bonchev–Trinajstić information content (AvgIpc) is 2.17. The van der Waals surface area contributed by atoms with Gasteiger partial charge in [0.05, 0.1) is 6.10 Å². The van der Waals surface area contributed by atoms with Crippen LogP contribution in [0.25, 0.3) is 0 Å². The van der Waals surface area contributed by atoms with Crippen LogP contribution in [0.2, 0.25) is 0 Å². The van der Waals surface area contributed by atoms with Crippen molar-refractivity contribution in [1.29, 1.82) is 0 Å². The lowest BCUT2D eigenvalue weighted by Crippen LogP contribution is -2.57. The van der Waals surface area contributed by atoms with Crippen LogP contribution in [0.4, 0.5) is 0 Å². The van der Waals surface area contributed by atoms with Crippen LogP contribution in [0, 0.1) is 5.92 Å². The molecular formula is C12H24N2O. The van der Waals surface area contributed by atoms with E-state index in [0.29, 0.717) is 12.1 Å². The molecule has 3 nitrogen and oxygen atoms in total. The van der Waals surface area contributed by atoms with E-state index in [1.165, 1.54) is 32.5 Å². The Bertz CT molecular complexity index is 200. The second-order valence-electron chi connectivity index (χ2n) is 5.40. The van der Waals surface area contributed by atoms with Crippen molar-refractivity contribution in [2.75, 3.05) is 19.6 Å². The Morgan fingerprint density at radius 3 is 2.47 bits per heavy atom. The fourth-order valence-electron chi connectivity index (χ4n) is 3.10. The molecule has 3 atom stereocenters. The Kier molecular flexibility index (Phi) is 3.65. The molecular weight excluding hydrogens is 188 g/mol.